The maximum absolute atomic E-state index is 13.2. The Morgan fingerprint density at radius 2 is 1.74 bits per heavy atom. The molecule has 1 saturated carbocycles. The molecule has 2 amide bonds. The molecule has 1 N–H and O–H groups in total. The van der Waals surface area contributed by atoms with Crippen molar-refractivity contribution in [2.24, 2.45) is 5.92 Å². The Morgan fingerprint density at radius 3 is 2.33 bits per heavy atom. The average molecular weight is 566 g/mol. The van der Waals surface area contributed by atoms with Crippen molar-refractivity contribution in [3.8, 4) is 0 Å². The minimum absolute atomic E-state index is 0.302. The van der Waals surface area contributed by atoms with E-state index in [1.165, 1.54) is 17.0 Å². The van der Waals surface area contributed by atoms with Crippen LogP contribution < -0.4 is 10.2 Å². The maximum atomic E-state index is 13.2. The maximum Gasteiger partial charge on any atom is 0.416 e. The minimum Gasteiger partial charge on any atom is -0.444 e. The number of likely N-dealkylation sites (tertiary alicyclic amines) is 1. The van der Waals surface area contributed by atoms with Crippen LogP contribution in [-0.2, 0) is 22.3 Å². The number of alkyl halides is 3. The number of anilines is 2. The Kier molecular flexibility index (Phi) is 8.69. The Balaban J connectivity index is 1.46. The van der Waals surface area contributed by atoms with E-state index in [1.54, 1.807) is 32.9 Å². The molecule has 39 heavy (non-hydrogen) atoms. The van der Waals surface area contributed by atoms with Gasteiger partial charge >= 0.3 is 12.3 Å². The summed E-state index contributed by atoms with van der Waals surface area (Å²) in [5.41, 5.74) is 0.655. The van der Waals surface area contributed by atoms with Gasteiger partial charge in [0.15, 0.2) is 0 Å². The molecule has 2 aromatic rings. The van der Waals surface area contributed by atoms with Gasteiger partial charge in [-0.05, 0) is 94.7 Å². The molecule has 2 fully saturated rings. The van der Waals surface area contributed by atoms with Crippen molar-refractivity contribution < 1.29 is 27.5 Å². The highest BCUT2D eigenvalue weighted by molar-refractivity contribution is 6.33. The first-order chi connectivity index (χ1) is 18.3. The van der Waals surface area contributed by atoms with Gasteiger partial charge in [0.05, 0.1) is 16.3 Å². The number of carbonyl (C=O) groups excluding carboxylic acids is 2. The number of halogens is 4. The number of benzene rings is 2. The SMILES string of the molecule is CC(C)(C)OC(=O)N1CCCC[C@@H]1C(=O)Nc1ccc(N(Cc2ccc(C(F)(F)F)cc2)CC2CC2)c(Cl)c1. The second-order valence-corrected chi connectivity index (χ2v) is 11.8. The van der Waals surface area contributed by atoms with Crippen LogP contribution >= 0.6 is 11.6 Å². The number of carbonyl (C=O) groups is 2. The predicted octanol–water partition coefficient (Wildman–Crippen LogP) is 7.50. The van der Waals surface area contributed by atoms with Crippen molar-refractivity contribution in [1.82, 2.24) is 4.90 Å². The van der Waals surface area contributed by atoms with Crippen molar-refractivity contribution in [2.75, 3.05) is 23.3 Å². The fraction of sp³-hybridized carbons (Fsp3) is 0.517. The van der Waals surface area contributed by atoms with Crippen LogP contribution in [0, 0.1) is 5.92 Å². The van der Waals surface area contributed by atoms with Crippen LogP contribution in [0.15, 0.2) is 42.5 Å². The Hall–Kier alpha value is -2.94. The van der Waals surface area contributed by atoms with Crippen LogP contribution in [0.3, 0.4) is 0 Å². The summed E-state index contributed by atoms with van der Waals surface area (Å²) in [6.07, 6.45) is -0.502. The summed E-state index contributed by atoms with van der Waals surface area (Å²) >= 11 is 6.67. The number of rotatable bonds is 7. The molecule has 0 spiro atoms. The molecule has 0 bridgehead atoms. The summed E-state index contributed by atoms with van der Waals surface area (Å²) in [5, 5.41) is 3.32. The summed E-state index contributed by atoms with van der Waals surface area (Å²) < 4.78 is 44.4. The summed E-state index contributed by atoms with van der Waals surface area (Å²) in [6.45, 7) is 6.96. The van der Waals surface area contributed by atoms with Crippen LogP contribution in [0.5, 0.6) is 0 Å². The molecule has 6 nitrogen and oxygen atoms in total. The lowest BCUT2D eigenvalue weighted by molar-refractivity contribution is -0.137. The van der Waals surface area contributed by atoms with Gasteiger partial charge in [0.1, 0.15) is 11.6 Å². The third kappa shape index (κ3) is 8.03. The fourth-order valence-electron chi connectivity index (χ4n) is 4.69. The molecule has 10 heteroatoms. The van der Waals surface area contributed by atoms with E-state index >= 15 is 0 Å². The summed E-state index contributed by atoms with van der Waals surface area (Å²) in [5.74, 6) is 0.212. The number of piperidine rings is 1. The predicted molar refractivity (Wildman–Crippen MR) is 146 cm³/mol. The van der Waals surface area contributed by atoms with Gasteiger partial charge in [0, 0.05) is 25.3 Å². The highest BCUT2D eigenvalue weighted by atomic mass is 35.5. The molecule has 2 aromatic carbocycles. The third-order valence-electron chi connectivity index (χ3n) is 6.82. The van der Waals surface area contributed by atoms with Gasteiger partial charge in [-0.2, -0.15) is 13.2 Å². The fourth-order valence-corrected chi connectivity index (χ4v) is 4.99. The van der Waals surface area contributed by atoms with Crippen LogP contribution in [0.1, 0.15) is 64.0 Å². The van der Waals surface area contributed by atoms with Crippen molar-refractivity contribution in [1.29, 1.82) is 0 Å². The molecule has 2 aliphatic rings. The van der Waals surface area contributed by atoms with Gasteiger partial charge in [0.2, 0.25) is 5.91 Å². The second-order valence-electron chi connectivity index (χ2n) is 11.4. The Morgan fingerprint density at radius 1 is 1.05 bits per heavy atom. The molecule has 1 atom stereocenters. The van der Waals surface area contributed by atoms with E-state index in [-0.39, 0.29) is 5.91 Å². The molecule has 1 saturated heterocycles. The molecule has 1 aliphatic carbocycles. The zero-order valence-electron chi connectivity index (χ0n) is 22.5. The molecular formula is C29H35ClF3N3O3. The van der Waals surface area contributed by atoms with E-state index < -0.39 is 29.5 Å². The van der Waals surface area contributed by atoms with Gasteiger partial charge in [-0.1, -0.05) is 23.7 Å². The normalized spacial score (nSPS) is 18.0. The highest BCUT2D eigenvalue weighted by Gasteiger charge is 2.35. The number of ether oxygens (including phenoxy) is 1. The van der Waals surface area contributed by atoms with E-state index in [4.69, 9.17) is 16.3 Å². The zero-order chi connectivity index (χ0) is 28.4. The van der Waals surface area contributed by atoms with Crippen LogP contribution in [0.25, 0.3) is 0 Å². The first-order valence-electron chi connectivity index (χ1n) is 13.3. The molecule has 1 heterocycles. The lowest BCUT2D eigenvalue weighted by atomic mass is 10.0. The van der Waals surface area contributed by atoms with Crippen molar-refractivity contribution >= 4 is 35.0 Å². The molecule has 212 valence electrons. The number of hydrogen-bond donors (Lipinski definition) is 1. The van der Waals surface area contributed by atoms with E-state index in [9.17, 15) is 22.8 Å². The Labute approximate surface area is 232 Å². The first-order valence-corrected chi connectivity index (χ1v) is 13.7. The van der Waals surface area contributed by atoms with Crippen LogP contribution in [0.4, 0.5) is 29.3 Å². The third-order valence-corrected chi connectivity index (χ3v) is 7.12. The minimum atomic E-state index is -4.38. The molecule has 4 rings (SSSR count). The lowest BCUT2D eigenvalue weighted by Gasteiger charge is -2.35. The molecular weight excluding hydrogens is 531 g/mol. The van der Waals surface area contributed by atoms with E-state index in [1.807, 2.05) is 6.07 Å². The van der Waals surface area contributed by atoms with Gasteiger partial charge in [-0.3, -0.25) is 9.69 Å². The van der Waals surface area contributed by atoms with Gasteiger partial charge in [-0.15, -0.1) is 0 Å². The van der Waals surface area contributed by atoms with E-state index in [2.05, 4.69) is 10.2 Å². The number of amides is 2. The first kappa shape index (κ1) is 29.1. The summed E-state index contributed by atoms with van der Waals surface area (Å²) in [6, 6.07) is 9.77. The molecule has 0 aromatic heterocycles. The number of hydrogen-bond acceptors (Lipinski definition) is 4. The largest absolute Gasteiger partial charge is 0.444 e. The number of nitrogens with one attached hydrogen (secondary N) is 1. The molecule has 0 unspecified atom stereocenters. The topological polar surface area (TPSA) is 61.9 Å². The summed E-state index contributed by atoms with van der Waals surface area (Å²) in [7, 11) is 0. The highest BCUT2D eigenvalue weighted by Crippen LogP contribution is 2.36. The standard InChI is InChI=1S/C29H35ClF3N3O3/c1-28(2,3)39-27(38)36-15-5-4-6-25(36)26(37)34-22-13-14-24(23(30)16-22)35(17-19-7-8-19)18-20-9-11-21(12-10-20)29(31,32)33/h9-14,16,19,25H,4-8,15,17-18H2,1-3H3,(H,34,37)/t25-/m1/s1. The second kappa shape index (κ2) is 11.7. The smallest absolute Gasteiger partial charge is 0.416 e. The monoisotopic (exact) mass is 565 g/mol. The van der Waals surface area contributed by atoms with E-state index in [0.29, 0.717) is 36.1 Å². The van der Waals surface area contributed by atoms with Crippen molar-refractivity contribution in [3.05, 3.63) is 58.6 Å². The van der Waals surface area contributed by atoms with E-state index in [0.717, 1.165) is 55.6 Å². The zero-order valence-corrected chi connectivity index (χ0v) is 23.2. The van der Waals surface area contributed by atoms with Gasteiger partial charge in [-0.25, -0.2) is 4.79 Å². The van der Waals surface area contributed by atoms with Crippen molar-refractivity contribution in [2.45, 2.75) is 77.2 Å². The molecule has 0 radical (unpaired) electrons. The Bertz CT molecular complexity index is 1180. The van der Waals surface area contributed by atoms with Gasteiger partial charge in [0.25, 0.3) is 0 Å². The van der Waals surface area contributed by atoms with Crippen LogP contribution in [0.2, 0.25) is 5.02 Å². The number of nitrogens with zero attached hydrogens (tertiary/aromatic N) is 2. The average Bonchev–Trinajstić information content (AvgIpc) is 3.66. The van der Waals surface area contributed by atoms with Gasteiger partial charge < -0.3 is 15.0 Å². The van der Waals surface area contributed by atoms with Crippen molar-refractivity contribution in [3.63, 3.8) is 0 Å². The molecule has 1 aliphatic heterocycles. The summed E-state index contributed by atoms with van der Waals surface area (Å²) in [4.78, 5) is 29.4. The van der Waals surface area contributed by atoms with Crippen LogP contribution in [-0.4, -0.2) is 41.6 Å². The quantitative estimate of drug-likeness (QED) is 0.377. The lowest BCUT2D eigenvalue weighted by Crippen LogP contribution is -2.51.